The molecule has 3 aliphatic rings. The quantitative estimate of drug-likeness (QED) is 0.346. The maximum atomic E-state index is 13.5. The zero-order valence-corrected chi connectivity index (χ0v) is 22.1. The van der Waals surface area contributed by atoms with E-state index in [1.807, 2.05) is 18.5 Å². The van der Waals surface area contributed by atoms with Crippen molar-refractivity contribution >= 4 is 32.7 Å². The second-order valence-corrected chi connectivity index (χ2v) is 12.5. The van der Waals surface area contributed by atoms with Crippen molar-refractivity contribution in [3.05, 3.63) is 54.0 Å². The first-order chi connectivity index (χ1) is 18.3. The Morgan fingerprint density at radius 1 is 1.13 bits per heavy atom. The number of rotatable bonds is 8. The number of benzene rings is 1. The molecule has 10 nitrogen and oxygen atoms in total. The van der Waals surface area contributed by atoms with Crippen LogP contribution in [0.4, 0.5) is 11.6 Å². The first-order valence-corrected chi connectivity index (χ1v) is 14.7. The van der Waals surface area contributed by atoms with Crippen LogP contribution in [0, 0.1) is 18.8 Å². The van der Waals surface area contributed by atoms with Crippen LogP contribution in [0.3, 0.4) is 0 Å². The number of aromatic nitrogens is 5. The summed E-state index contributed by atoms with van der Waals surface area (Å²) in [4.78, 5) is 9.41. The summed E-state index contributed by atoms with van der Waals surface area (Å²) in [6, 6.07) is 8.39. The Hall–Kier alpha value is -3.44. The largest absolute Gasteiger partial charge is 0.477 e. The van der Waals surface area contributed by atoms with Gasteiger partial charge in [-0.3, -0.25) is 4.68 Å². The van der Waals surface area contributed by atoms with Gasteiger partial charge in [-0.25, -0.2) is 12.4 Å². The van der Waals surface area contributed by atoms with Gasteiger partial charge in [0.1, 0.15) is 0 Å². The topological polar surface area (TPSA) is 124 Å². The number of nitrogens with zero attached hydrogens (tertiary/aromatic N) is 5. The van der Waals surface area contributed by atoms with E-state index >= 15 is 0 Å². The van der Waals surface area contributed by atoms with Gasteiger partial charge in [0.25, 0.3) is 10.0 Å². The number of anilines is 2. The molecule has 38 heavy (non-hydrogen) atoms. The number of nitrogens with one attached hydrogen (secondary N) is 1. The van der Waals surface area contributed by atoms with Gasteiger partial charge >= 0.3 is 0 Å². The highest BCUT2D eigenvalue weighted by Gasteiger charge is 2.54. The molecule has 0 aliphatic heterocycles. The Labute approximate surface area is 220 Å². The van der Waals surface area contributed by atoms with Crippen LogP contribution < -0.4 is 10.1 Å². The minimum atomic E-state index is -3.89. The van der Waals surface area contributed by atoms with Gasteiger partial charge in [0.2, 0.25) is 11.8 Å². The lowest BCUT2D eigenvalue weighted by Gasteiger charge is -2.21. The van der Waals surface area contributed by atoms with Gasteiger partial charge in [-0.1, -0.05) is 17.7 Å². The van der Waals surface area contributed by atoms with Crippen molar-refractivity contribution in [1.82, 2.24) is 23.7 Å². The molecule has 3 fully saturated rings. The summed E-state index contributed by atoms with van der Waals surface area (Å²) in [5.74, 6) is 1.91. The van der Waals surface area contributed by atoms with Gasteiger partial charge in [-0.05, 0) is 69.6 Å². The summed E-state index contributed by atoms with van der Waals surface area (Å²) in [5, 5.41) is 19.3. The number of aliphatic hydroxyl groups is 1. The van der Waals surface area contributed by atoms with E-state index in [9.17, 15) is 13.5 Å². The van der Waals surface area contributed by atoms with E-state index in [0.29, 0.717) is 35.6 Å². The second-order valence-electron chi connectivity index (χ2n) is 10.7. The van der Waals surface area contributed by atoms with Crippen LogP contribution in [-0.4, -0.2) is 50.0 Å². The van der Waals surface area contributed by atoms with E-state index in [4.69, 9.17) is 4.74 Å². The molecule has 0 radical (unpaired) electrons. The van der Waals surface area contributed by atoms with Crippen molar-refractivity contribution in [2.24, 2.45) is 11.8 Å². The molecule has 0 spiro atoms. The monoisotopic (exact) mass is 534 g/mol. The maximum Gasteiger partial charge on any atom is 0.269 e. The van der Waals surface area contributed by atoms with Crippen LogP contribution in [0.25, 0.3) is 11.0 Å². The van der Waals surface area contributed by atoms with Crippen molar-refractivity contribution in [3.63, 3.8) is 0 Å². The molecule has 0 saturated heterocycles. The number of aliphatic hydroxyl groups excluding tert-OH is 1. The van der Waals surface area contributed by atoms with Gasteiger partial charge in [0, 0.05) is 12.1 Å². The third-order valence-corrected chi connectivity index (χ3v) is 9.73. The molecule has 2 N–H and O–H groups in total. The number of hydrogen-bond acceptors (Lipinski definition) is 8. The first-order valence-electron chi connectivity index (χ1n) is 13.2. The summed E-state index contributed by atoms with van der Waals surface area (Å²) in [6.45, 7) is 4.14. The minimum absolute atomic E-state index is 0.0100. The third-order valence-electron chi connectivity index (χ3n) is 8.05. The molecule has 7 rings (SSSR count). The predicted octanol–water partition coefficient (Wildman–Crippen LogP) is 4.13. The van der Waals surface area contributed by atoms with Gasteiger partial charge in [0.05, 0.1) is 46.6 Å². The Balaban J connectivity index is 1.29. The molecule has 0 bridgehead atoms. The molecule has 3 aliphatic carbocycles. The standard InChI is InChI=1S/C27H30N6O4S/c1-3-37-26-19-10-11-32(38(35,36)18-8-4-15(2)5-9-18)25(19)30-27(31-26)29-21-14-28-33(23(21)16-6-7-16)22-13-17-12-20(17)24(22)34/h4-5,8-11,14,16-17,20,22,24,34H,3,6-7,12-13H2,1-2H3,(H,29,30,31). The van der Waals surface area contributed by atoms with Crippen molar-refractivity contribution in [3.8, 4) is 5.88 Å². The Bertz CT molecular complexity index is 1640. The van der Waals surface area contributed by atoms with Crippen LogP contribution in [0.5, 0.6) is 5.88 Å². The molecular weight excluding hydrogens is 504 g/mol. The van der Waals surface area contributed by atoms with Crippen LogP contribution >= 0.6 is 0 Å². The lowest BCUT2D eigenvalue weighted by molar-refractivity contribution is 0.105. The zero-order valence-electron chi connectivity index (χ0n) is 21.3. The van der Waals surface area contributed by atoms with E-state index in [0.717, 1.165) is 42.6 Å². The fourth-order valence-corrected chi connectivity index (χ4v) is 7.14. The van der Waals surface area contributed by atoms with Crippen LogP contribution in [0.15, 0.2) is 47.6 Å². The summed E-state index contributed by atoms with van der Waals surface area (Å²) in [6.07, 6.45) is 7.09. The maximum absolute atomic E-state index is 13.5. The zero-order chi connectivity index (χ0) is 26.2. The van der Waals surface area contributed by atoms with E-state index in [1.54, 1.807) is 36.5 Å². The van der Waals surface area contributed by atoms with Gasteiger partial charge < -0.3 is 15.2 Å². The Morgan fingerprint density at radius 2 is 1.92 bits per heavy atom. The number of hydrogen-bond donors (Lipinski definition) is 2. The van der Waals surface area contributed by atoms with E-state index in [2.05, 4.69) is 20.4 Å². The minimum Gasteiger partial charge on any atom is -0.477 e. The highest BCUT2D eigenvalue weighted by molar-refractivity contribution is 7.90. The average Bonchev–Trinajstić information content (AvgIpc) is 3.77. The molecule has 1 aromatic carbocycles. The van der Waals surface area contributed by atoms with Crippen LogP contribution in [-0.2, 0) is 10.0 Å². The molecule has 198 valence electrons. The van der Waals surface area contributed by atoms with Crippen molar-refractivity contribution in [1.29, 1.82) is 0 Å². The molecule has 3 heterocycles. The molecule has 3 saturated carbocycles. The highest BCUT2D eigenvalue weighted by atomic mass is 32.2. The normalized spacial score (nSPS) is 24.5. The second kappa shape index (κ2) is 8.54. The Kier molecular flexibility index (Phi) is 5.31. The van der Waals surface area contributed by atoms with Crippen LogP contribution in [0.2, 0.25) is 0 Å². The fraction of sp³-hybridized carbons (Fsp3) is 0.444. The lowest BCUT2D eigenvalue weighted by Crippen LogP contribution is -2.24. The number of aryl methyl sites for hydroxylation is 1. The molecule has 4 unspecified atom stereocenters. The summed E-state index contributed by atoms with van der Waals surface area (Å²) in [5.41, 5.74) is 3.04. The SMILES string of the molecule is CCOc1nc(Nc2cnn(C3CC4CC4C3O)c2C2CC2)nc2c1ccn2S(=O)(=O)c1ccc(C)cc1. The van der Waals surface area contributed by atoms with Crippen molar-refractivity contribution < 1.29 is 18.3 Å². The average molecular weight is 535 g/mol. The summed E-state index contributed by atoms with van der Waals surface area (Å²) < 4.78 is 36.0. The predicted molar refractivity (Wildman–Crippen MR) is 141 cm³/mol. The van der Waals surface area contributed by atoms with Gasteiger partial charge in [-0.2, -0.15) is 15.1 Å². The molecule has 11 heteroatoms. The molecule has 0 amide bonds. The summed E-state index contributed by atoms with van der Waals surface area (Å²) in [7, 11) is -3.89. The van der Waals surface area contributed by atoms with E-state index in [1.165, 1.54) is 10.2 Å². The van der Waals surface area contributed by atoms with Crippen molar-refractivity contribution in [2.75, 3.05) is 11.9 Å². The van der Waals surface area contributed by atoms with Gasteiger partial charge in [0.15, 0.2) is 5.65 Å². The smallest absolute Gasteiger partial charge is 0.269 e. The van der Waals surface area contributed by atoms with Crippen LogP contribution in [0.1, 0.15) is 55.8 Å². The highest BCUT2D eigenvalue weighted by Crippen LogP contribution is 2.57. The van der Waals surface area contributed by atoms with Crippen molar-refractivity contribution in [2.45, 2.75) is 62.5 Å². The first kappa shape index (κ1) is 23.7. The lowest BCUT2D eigenvalue weighted by atomic mass is 10.1. The Morgan fingerprint density at radius 3 is 2.61 bits per heavy atom. The van der Waals surface area contributed by atoms with Gasteiger partial charge in [-0.15, -0.1) is 0 Å². The van der Waals surface area contributed by atoms with E-state index in [-0.39, 0.29) is 28.6 Å². The molecule has 3 aromatic heterocycles. The van der Waals surface area contributed by atoms with E-state index < -0.39 is 10.0 Å². The molecule has 4 aromatic rings. The fourth-order valence-electron chi connectivity index (χ4n) is 5.84. The summed E-state index contributed by atoms with van der Waals surface area (Å²) >= 11 is 0. The number of ether oxygens (including phenoxy) is 1. The molecule has 4 atom stereocenters. The number of fused-ring (bicyclic) bond motifs is 2. The molecular formula is C27H30N6O4S. The third kappa shape index (κ3) is 3.79.